The summed E-state index contributed by atoms with van der Waals surface area (Å²) in [5.41, 5.74) is 6.01. The summed E-state index contributed by atoms with van der Waals surface area (Å²) in [6.07, 6.45) is 1.92. The molecule has 0 saturated heterocycles. The Morgan fingerprint density at radius 1 is 1.00 bits per heavy atom. The summed E-state index contributed by atoms with van der Waals surface area (Å²) in [4.78, 5) is 0. The molecule has 0 saturated carbocycles. The van der Waals surface area contributed by atoms with Crippen molar-refractivity contribution in [3.8, 4) is 11.1 Å². The first-order valence-electron chi connectivity index (χ1n) is 7.11. The Labute approximate surface area is 125 Å². The Kier molecular flexibility index (Phi) is 3.73. The van der Waals surface area contributed by atoms with E-state index in [9.17, 15) is 0 Å². The van der Waals surface area contributed by atoms with E-state index in [0.717, 1.165) is 12.2 Å². The Balaban J connectivity index is 1.85. The largest absolute Gasteiger partial charge is 0.380 e. The predicted octanol–water partition coefficient (Wildman–Crippen LogP) is 4.01. The monoisotopic (exact) mass is 277 g/mol. The van der Waals surface area contributed by atoms with Crippen LogP contribution in [-0.4, -0.2) is 9.78 Å². The molecule has 1 heterocycles. The van der Waals surface area contributed by atoms with Crippen molar-refractivity contribution in [2.75, 3.05) is 5.32 Å². The van der Waals surface area contributed by atoms with Crippen LogP contribution < -0.4 is 5.32 Å². The van der Waals surface area contributed by atoms with Crippen LogP contribution in [0.1, 0.15) is 11.3 Å². The number of hydrogen-bond donors (Lipinski definition) is 1. The van der Waals surface area contributed by atoms with Crippen LogP contribution in [0.2, 0.25) is 0 Å². The van der Waals surface area contributed by atoms with Gasteiger partial charge in [0.1, 0.15) is 0 Å². The molecule has 1 aromatic heterocycles. The molecule has 106 valence electrons. The minimum absolute atomic E-state index is 0.781. The summed E-state index contributed by atoms with van der Waals surface area (Å²) in [6, 6.07) is 18.8. The molecule has 0 amide bonds. The molecule has 3 rings (SSSR count). The van der Waals surface area contributed by atoms with Gasteiger partial charge in [-0.25, -0.2) is 0 Å². The molecule has 2 aromatic carbocycles. The van der Waals surface area contributed by atoms with Gasteiger partial charge in [0.2, 0.25) is 0 Å². The van der Waals surface area contributed by atoms with E-state index in [2.05, 4.69) is 65.9 Å². The maximum atomic E-state index is 4.29. The highest BCUT2D eigenvalue weighted by atomic mass is 15.3. The van der Waals surface area contributed by atoms with E-state index in [0.29, 0.717) is 0 Å². The van der Waals surface area contributed by atoms with Crippen molar-refractivity contribution in [2.45, 2.75) is 13.5 Å². The van der Waals surface area contributed by atoms with E-state index < -0.39 is 0 Å². The molecular weight excluding hydrogens is 258 g/mol. The lowest BCUT2D eigenvalue weighted by atomic mass is 10.0. The summed E-state index contributed by atoms with van der Waals surface area (Å²) in [6.45, 7) is 2.87. The third-order valence-corrected chi connectivity index (χ3v) is 3.82. The normalized spacial score (nSPS) is 10.6. The molecule has 0 fully saturated rings. The fourth-order valence-corrected chi connectivity index (χ4v) is 2.41. The van der Waals surface area contributed by atoms with Gasteiger partial charge in [0.15, 0.2) is 0 Å². The van der Waals surface area contributed by atoms with Crippen molar-refractivity contribution in [1.82, 2.24) is 9.78 Å². The van der Waals surface area contributed by atoms with E-state index >= 15 is 0 Å². The van der Waals surface area contributed by atoms with Crippen molar-refractivity contribution in [3.63, 3.8) is 0 Å². The van der Waals surface area contributed by atoms with Crippen LogP contribution in [0, 0.1) is 6.92 Å². The summed E-state index contributed by atoms with van der Waals surface area (Å²) < 4.78 is 1.90. The molecule has 3 nitrogen and oxygen atoms in total. The highest BCUT2D eigenvalue weighted by Crippen LogP contribution is 2.28. The van der Waals surface area contributed by atoms with Crippen LogP contribution in [0.25, 0.3) is 11.1 Å². The molecule has 0 aliphatic rings. The minimum Gasteiger partial charge on any atom is -0.380 e. The third kappa shape index (κ3) is 2.82. The van der Waals surface area contributed by atoms with Crippen LogP contribution >= 0.6 is 0 Å². The van der Waals surface area contributed by atoms with Gasteiger partial charge in [0, 0.05) is 36.1 Å². The maximum Gasteiger partial charge on any atom is 0.0542 e. The Morgan fingerprint density at radius 3 is 2.43 bits per heavy atom. The van der Waals surface area contributed by atoms with Gasteiger partial charge in [-0.15, -0.1) is 0 Å². The predicted molar refractivity (Wildman–Crippen MR) is 87.1 cm³/mol. The van der Waals surface area contributed by atoms with Crippen molar-refractivity contribution >= 4 is 5.69 Å². The number of nitrogens with one attached hydrogen (secondary N) is 1. The first-order chi connectivity index (χ1) is 10.3. The molecule has 0 aliphatic heterocycles. The fraction of sp³-hybridized carbons (Fsp3) is 0.167. The molecule has 21 heavy (non-hydrogen) atoms. The lowest BCUT2D eigenvalue weighted by Crippen LogP contribution is -2.02. The summed E-state index contributed by atoms with van der Waals surface area (Å²) in [5, 5.41) is 7.81. The molecule has 0 radical (unpaired) electrons. The molecule has 3 aromatic rings. The van der Waals surface area contributed by atoms with E-state index in [-0.39, 0.29) is 0 Å². The SMILES string of the molecule is Cc1c(CNc2ccccc2-c2ccccc2)cnn1C. The number of anilines is 1. The third-order valence-electron chi connectivity index (χ3n) is 3.82. The topological polar surface area (TPSA) is 29.9 Å². The molecule has 3 heteroatoms. The fourth-order valence-electron chi connectivity index (χ4n) is 2.41. The van der Waals surface area contributed by atoms with Crippen LogP contribution in [0.5, 0.6) is 0 Å². The number of hydrogen-bond acceptors (Lipinski definition) is 2. The van der Waals surface area contributed by atoms with Crippen LogP contribution in [0.3, 0.4) is 0 Å². The van der Waals surface area contributed by atoms with E-state index in [1.807, 2.05) is 24.0 Å². The number of nitrogens with zero attached hydrogens (tertiary/aromatic N) is 2. The number of aromatic nitrogens is 2. The van der Waals surface area contributed by atoms with Crippen molar-refractivity contribution in [1.29, 1.82) is 0 Å². The number of benzene rings is 2. The summed E-state index contributed by atoms with van der Waals surface area (Å²) >= 11 is 0. The van der Waals surface area contributed by atoms with E-state index in [1.54, 1.807) is 0 Å². The molecule has 0 spiro atoms. The van der Waals surface area contributed by atoms with Gasteiger partial charge in [-0.3, -0.25) is 4.68 Å². The van der Waals surface area contributed by atoms with E-state index in [4.69, 9.17) is 0 Å². The lowest BCUT2D eigenvalue weighted by molar-refractivity contribution is 0.738. The Morgan fingerprint density at radius 2 is 1.71 bits per heavy atom. The van der Waals surface area contributed by atoms with Crippen LogP contribution in [-0.2, 0) is 13.6 Å². The molecule has 0 bridgehead atoms. The first-order valence-corrected chi connectivity index (χ1v) is 7.11. The summed E-state index contributed by atoms with van der Waals surface area (Å²) in [5.74, 6) is 0. The van der Waals surface area contributed by atoms with Crippen molar-refractivity contribution in [2.24, 2.45) is 7.05 Å². The Bertz CT molecular complexity index is 729. The molecule has 0 atom stereocenters. The zero-order chi connectivity index (χ0) is 14.7. The molecule has 0 unspecified atom stereocenters. The first kappa shape index (κ1) is 13.4. The van der Waals surface area contributed by atoms with Crippen LogP contribution in [0.15, 0.2) is 60.8 Å². The number of aryl methyl sites for hydroxylation is 1. The highest BCUT2D eigenvalue weighted by molar-refractivity contribution is 5.77. The second-order valence-corrected chi connectivity index (χ2v) is 5.14. The van der Waals surface area contributed by atoms with Crippen molar-refractivity contribution in [3.05, 3.63) is 72.1 Å². The lowest BCUT2D eigenvalue weighted by Gasteiger charge is -2.12. The second-order valence-electron chi connectivity index (χ2n) is 5.14. The highest BCUT2D eigenvalue weighted by Gasteiger charge is 2.06. The van der Waals surface area contributed by atoms with Gasteiger partial charge >= 0.3 is 0 Å². The minimum atomic E-state index is 0.781. The number of para-hydroxylation sites is 1. The molecule has 1 N–H and O–H groups in total. The number of rotatable bonds is 4. The average molecular weight is 277 g/mol. The second kappa shape index (κ2) is 5.83. The van der Waals surface area contributed by atoms with Gasteiger partial charge in [0.25, 0.3) is 0 Å². The standard InChI is InChI=1S/C18H19N3/c1-14-16(13-20-21(14)2)12-19-18-11-7-6-10-17(18)15-8-4-3-5-9-15/h3-11,13,19H,12H2,1-2H3. The summed E-state index contributed by atoms with van der Waals surface area (Å²) in [7, 11) is 1.97. The molecule has 0 aliphatic carbocycles. The van der Waals surface area contributed by atoms with Gasteiger partial charge in [-0.2, -0.15) is 5.10 Å². The average Bonchev–Trinajstić information content (AvgIpc) is 2.86. The smallest absolute Gasteiger partial charge is 0.0542 e. The van der Waals surface area contributed by atoms with Crippen LogP contribution in [0.4, 0.5) is 5.69 Å². The maximum absolute atomic E-state index is 4.29. The zero-order valence-electron chi connectivity index (χ0n) is 12.4. The van der Waals surface area contributed by atoms with Gasteiger partial charge in [-0.1, -0.05) is 48.5 Å². The van der Waals surface area contributed by atoms with Gasteiger partial charge < -0.3 is 5.32 Å². The van der Waals surface area contributed by atoms with Crippen molar-refractivity contribution < 1.29 is 0 Å². The molecular formula is C18H19N3. The van der Waals surface area contributed by atoms with Gasteiger partial charge in [-0.05, 0) is 18.6 Å². The zero-order valence-corrected chi connectivity index (χ0v) is 12.4. The quantitative estimate of drug-likeness (QED) is 0.781. The van der Waals surface area contributed by atoms with Gasteiger partial charge in [0.05, 0.1) is 6.20 Å². The Hall–Kier alpha value is -2.55. The van der Waals surface area contributed by atoms with E-state index in [1.165, 1.54) is 22.4 Å².